The number of aliphatic hydroxyl groups excluding tert-OH is 1. The summed E-state index contributed by atoms with van der Waals surface area (Å²) in [7, 11) is 1.59. The lowest BCUT2D eigenvalue weighted by Gasteiger charge is -2.17. The van der Waals surface area contributed by atoms with E-state index in [1.165, 1.54) is 12.1 Å². The van der Waals surface area contributed by atoms with Crippen molar-refractivity contribution in [3.8, 4) is 16.9 Å². The topological polar surface area (TPSA) is 49.8 Å². The first-order chi connectivity index (χ1) is 11.6. The quantitative estimate of drug-likeness (QED) is 0.938. The second-order valence-corrected chi connectivity index (χ2v) is 6.01. The Labute approximate surface area is 140 Å². The van der Waals surface area contributed by atoms with Gasteiger partial charge in [-0.25, -0.2) is 4.39 Å². The fourth-order valence-electron chi connectivity index (χ4n) is 2.99. The second-order valence-electron chi connectivity index (χ2n) is 6.01. The highest BCUT2D eigenvalue weighted by molar-refractivity contribution is 5.95. The Morgan fingerprint density at radius 1 is 1.25 bits per heavy atom. The molecule has 1 amide bonds. The lowest BCUT2D eigenvalue weighted by molar-refractivity contribution is 0.0777. The van der Waals surface area contributed by atoms with Gasteiger partial charge in [0.15, 0.2) is 0 Å². The molecule has 2 aromatic carbocycles. The van der Waals surface area contributed by atoms with Gasteiger partial charge >= 0.3 is 0 Å². The van der Waals surface area contributed by atoms with Gasteiger partial charge in [0, 0.05) is 25.6 Å². The summed E-state index contributed by atoms with van der Waals surface area (Å²) in [6.07, 6.45) is 0.758. The van der Waals surface area contributed by atoms with Crippen LogP contribution in [0.4, 0.5) is 4.39 Å². The van der Waals surface area contributed by atoms with Crippen LogP contribution in [0.15, 0.2) is 42.5 Å². The van der Waals surface area contributed by atoms with Gasteiger partial charge < -0.3 is 14.7 Å². The molecule has 0 aliphatic carbocycles. The van der Waals surface area contributed by atoms with Gasteiger partial charge in [0.25, 0.3) is 5.91 Å². The number of ether oxygens (including phenoxy) is 1. The minimum absolute atomic E-state index is 0.0582. The summed E-state index contributed by atoms with van der Waals surface area (Å²) in [5, 5.41) is 9.17. The van der Waals surface area contributed by atoms with Crippen LogP contribution in [0.3, 0.4) is 0 Å². The standard InChI is InChI=1S/C19H20FNO3/c1-24-16-5-2-14(3-6-16)15-4-7-17(18(20)10-15)19(23)21-9-8-13(11-21)12-22/h2-7,10,13,22H,8-9,11-12H2,1H3. The smallest absolute Gasteiger partial charge is 0.256 e. The molecule has 1 unspecified atom stereocenters. The average molecular weight is 329 g/mol. The molecule has 0 spiro atoms. The number of aliphatic hydroxyl groups is 1. The molecule has 0 radical (unpaired) electrons. The maximum absolute atomic E-state index is 14.4. The number of hydrogen-bond acceptors (Lipinski definition) is 3. The Hall–Kier alpha value is -2.40. The van der Waals surface area contributed by atoms with Crippen molar-refractivity contribution in [2.75, 3.05) is 26.8 Å². The van der Waals surface area contributed by atoms with E-state index >= 15 is 0 Å². The van der Waals surface area contributed by atoms with Crippen LogP contribution in [-0.4, -0.2) is 42.7 Å². The highest BCUT2D eigenvalue weighted by Crippen LogP contribution is 2.26. The van der Waals surface area contributed by atoms with Crippen molar-refractivity contribution < 1.29 is 19.0 Å². The second kappa shape index (κ2) is 7.01. The van der Waals surface area contributed by atoms with Crippen molar-refractivity contribution in [2.45, 2.75) is 6.42 Å². The number of halogens is 1. The molecule has 1 aliphatic rings. The van der Waals surface area contributed by atoms with Gasteiger partial charge in [0.1, 0.15) is 11.6 Å². The van der Waals surface area contributed by atoms with E-state index in [2.05, 4.69) is 0 Å². The summed E-state index contributed by atoms with van der Waals surface area (Å²) in [5.41, 5.74) is 1.64. The van der Waals surface area contributed by atoms with Crippen LogP contribution in [0.25, 0.3) is 11.1 Å². The van der Waals surface area contributed by atoms with Crippen molar-refractivity contribution in [1.29, 1.82) is 0 Å². The van der Waals surface area contributed by atoms with Crippen LogP contribution >= 0.6 is 0 Å². The SMILES string of the molecule is COc1ccc(-c2ccc(C(=O)N3CCC(CO)C3)c(F)c2)cc1. The van der Waals surface area contributed by atoms with Crippen molar-refractivity contribution in [3.63, 3.8) is 0 Å². The molecule has 0 saturated carbocycles. The van der Waals surface area contributed by atoms with Crippen molar-refractivity contribution in [1.82, 2.24) is 4.90 Å². The summed E-state index contributed by atoms with van der Waals surface area (Å²) in [6, 6.07) is 12.0. The molecule has 1 atom stereocenters. The predicted molar refractivity (Wildman–Crippen MR) is 89.5 cm³/mol. The zero-order chi connectivity index (χ0) is 17.1. The Morgan fingerprint density at radius 3 is 2.54 bits per heavy atom. The van der Waals surface area contributed by atoms with Gasteiger partial charge in [-0.1, -0.05) is 18.2 Å². The number of benzene rings is 2. The van der Waals surface area contributed by atoms with Crippen LogP contribution < -0.4 is 4.74 Å². The molecule has 4 nitrogen and oxygen atoms in total. The summed E-state index contributed by atoms with van der Waals surface area (Å²) >= 11 is 0. The van der Waals surface area contributed by atoms with Crippen LogP contribution in [0, 0.1) is 11.7 Å². The number of nitrogens with zero attached hydrogens (tertiary/aromatic N) is 1. The Bertz CT molecular complexity index is 730. The minimum Gasteiger partial charge on any atom is -0.497 e. The molecular weight excluding hydrogens is 309 g/mol. The molecule has 3 rings (SSSR count). The summed E-state index contributed by atoms with van der Waals surface area (Å²) in [4.78, 5) is 14.1. The van der Waals surface area contributed by atoms with E-state index in [9.17, 15) is 9.18 Å². The fraction of sp³-hybridized carbons (Fsp3) is 0.316. The number of methoxy groups -OCH3 is 1. The normalized spacial score (nSPS) is 17.1. The van der Waals surface area contributed by atoms with E-state index in [0.717, 1.165) is 17.7 Å². The van der Waals surface area contributed by atoms with E-state index < -0.39 is 5.82 Å². The number of amides is 1. The molecular formula is C19H20FNO3. The third-order valence-electron chi connectivity index (χ3n) is 4.45. The Balaban J connectivity index is 1.80. The molecule has 1 fully saturated rings. The number of carbonyl (C=O) groups is 1. The molecule has 126 valence electrons. The Morgan fingerprint density at radius 2 is 1.96 bits per heavy atom. The van der Waals surface area contributed by atoms with E-state index in [1.807, 2.05) is 24.3 Å². The van der Waals surface area contributed by atoms with Gasteiger partial charge in [-0.05, 0) is 41.8 Å². The first-order valence-corrected chi connectivity index (χ1v) is 7.96. The maximum Gasteiger partial charge on any atom is 0.256 e. The number of carbonyl (C=O) groups excluding carboxylic acids is 1. The molecule has 1 heterocycles. The maximum atomic E-state index is 14.4. The first-order valence-electron chi connectivity index (χ1n) is 7.96. The Kier molecular flexibility index (Phi) is 4.81. The van der Waals surface area contributed by atoms with Crippen molar-refractivity contribution in [3.05, 3.63) is 53.8 Å². The fourth-order valence-corrected chi connectivity index (χ4v) is 2.99. The summed E-state index contributed by atoms with van der Waals surface area (Å²) in [6.45, 7) is 1.10. The van der Waals surface area contributed by atoms with Crippen molar-refractivity contribution in [2.24, 2.45) is 5.92 Å². The third kappa shape index (κ3) is 3.26. The molecule has 2 aromatic rings. The summed E-state index contributed by atoms with van der Waals surface area (Å²) < 4.78 is 19.6. The van der Waals surface area contributed by atoms with Gasteiger partial charge in [-0.2, -0.15) is 0 Å². The number of rotatable bonds is 4. The van der Waals surface area contributed by atoms with E-state index in [-0.39, 0.29) is 24.0 Å². The zero-order valence-electron chi connectivity index (χ0n) is 13.5. The predicted octanol–water partition coefficient (Wildman–Crippen LogP) is 2.96. The van der Waals surface area contributed by atoms with Gasteiger partial charge in [0.05, 0.1) is 12.7 Å². The molecule has 5 heteroatoms. The lowest BCUT2D eigenvalue weighted by atomic mass is 10.0. The van der Waals surface area contributed by atoms with Gasteiger partial charge in [-0.15, -0.1) is 0 Å². The molecule has 1 aliphatic heterocycles. The summed E-state index contributed by atoms with van der Waals surface area (Å²) in [5.74, 6) is -0.0143. The molecule has 24 heavy (non-hydrogen) atoms. The zero-order valence-corrected chi connectivity index (χ0v) is 13.5. The van der Waals surface area contributed by atoms with Crippen molar-refractivity contribution >= 4 is 5.91 Å². The highest BCUT2D eigenvalue weighted by atomic mass is 19.1. The third-order valence-corrected chi connectivity index (χ3v) is 4.45. The van der Waals surface area contributed by atoms with Gasteiger partial charge in [0.2, 0.25) is 0 Å². The van der Waals surface area contributed by atoms with Crippen LogP contribution in [0.1, 0.15) is 16.8 Å². The molecule has 1 saturated heterocycles. The molecule has 1 N–H and O–H groups in total. The molecule has 0 bridgehead atoms. The first kappa shape index (κ1) is 16.5. The lowest BCUT2D eigenvalue weighted by Crippen LogP contribution is -2.29. The minimum atomic E-state index is -0.527. The molecule has 0 aromatic heterocycles. The van der Waals surface area contributed by atoms with Gasteiger partial charge in [-0.3, -0.25) is 4.79 Å². The van der Waals surface area contributed by atoms with E-state index in [4.69, 9.17) is 9.84 Å². The highest BCUT2D eigenvalue weighted by Gasteiger charge is 2.27. The van der Waals surface area contributed by atoms with E-state index in [0.29, 0.717) is 18.7 Å². The van der Waals surface area contributed by atoms with Crippen LogP contribution in [-0.2, 0) is 0 Å². The monoisotopic (exact) mass is 329 g/mol. The van der Waals surface area contributed by atoms with Crippen LogP contribution in [0.2, 0.25) is 0 Å². The van der Waals surface area contributed by atoms with Crippen LogP contribution in [0.5, 0.6) is 5.75 Å². The van der Waals surface area contributed by atoms with E-state index in [1.54, 1.807) is 18.1 Å². The largest absolute Gasteiger partial charge is 0.497 e. The number of likely N-dealkylation sites (tertiary alicyclic amines) is 1. The number of hydrogen-bond donors (Lipinski definition) is 1. The average Bonchev–Trinajstić information content (AvgIpc) is 3.10.